The molecule has 0 aliphatic carbocycles. The number of rotatable bonds is 8. The number of ether oxygens (including phenoxy) is 4. The molecule has 1 saturated heterocycles. The first kappa shape index (κ1) is 22.4. The van der Waals surface area contributed by atoms with Gasteiger partial charge in [0, 0.05) is 25.2 Å². The molecule has 0 bridgehead atoms. The summed E-state index contributed by atoms with van der Waals surface area (Å²) in [5.41, 5.74) is 1.76. The van der Waals surface area contributed by atoms with Crippen LogP contribution in [0.3, 0.4) is 0 Å². The first-order valence-electron chi connectivity index (χ1n) is 10.3. The molecule has 0 spiro atoms. The van der Waals surface area contributed by atoms with Crippen LogP contribution in [0.2, 0.25) is 0 Å². The molecule has 1 fully saturated rings. The van der Waals surface area contributed by atoms with Crippen LogP contribution in [-0.2, 0) is 9.47 Å². The van der Waals surface area contributed by atoms with Crippen LogP contribution >= 0.6 is 0 Å². The molecular formula is C23H28N2O6. The first-order chi connectivity index (χ1) is 15.1. The maximum Gasteiger partial charge on any atom is 0.338 e. The Hall–Kier alpha value is -3.26. The fourth-order valence-corrected chi connectivity index (χ4v) is 3.40. The molecule has 3 rings (SSSR count). The van der Waals surface area contributed by atoms with E-state index >= 15 is 0 Å². The second-order valence-corrected chi connectivity index (χ2v) is 6.77. The second kappa shape index (κ2) is 10.7. The zero-order chi connectivity index (χ0) is 22.2. The Kier molecular flexibility index (Phi) is 7.72. The number of nitrogens with zero attached hydrogens (tertiary/aromatic N) is 1. The van der Waals surface area contributed by atoms with Gasteiger partial charge in [-0.3, -0.25) is 4.79 Å². The average molecular weight is 428 g/mol. The zero-order valence-electron chi connectivity index (χ0n) is 18.1. The van der Waals surface area contributed by atoms with E-state index in [2.05, 4.69) is 10.2 Å². The van der Waals surface area contributed by atoms with Crippen molar-refractivity contribution in [3.8, 4) is 11.5 Å². The number of benzene rings is 2. The number of carbonyl (C=O) groups is 2. The van der Waals surface area contributed by atoms with Crippen molar-refractivity contribution in [2.75, 3.05) is 56.8 Å². The van der Waals surface area contributed by atoms with Crippen molar-refractivity contribution in [2.24, 2.45) is 0 Å². The van der Waals surface area contributed by atoms with Gasteiger partial charge in [-0.15, -0.1) is 0 Å². The van der Waals surface area contributed by atoms with Gasteiger partial charge in [0.2, 0.25) is 0 Å². The molecule has 2 aromatic carbocycles. The number of amides is 1. The summed E-state index contributed by atoms with van der Waals surface area (Å²) in [5, 5.41) is 2.87. The quantitative estimate of drug-likeness (QED) is 0.645. The molecule has 1 N–H and O–H groups in total. The topological polar surface area (TPSA) is 86.3 Å². The van der Waals surface area contributed by atoms with Crippen molar-refractivity contribution in [3.63, 3.8) is 0 Å². The number of methoxy groups -OCH3 is 1. The molecule has 0 radical (unpaired) electrons. The Morgan fingerprint density at radius 3 is 2.29 bits per heavy atom. The lowest BCUT2D eigenvalue weighted by Gasteiger charge is -2.31. The van der Waals surface area contributed by atoms with Crippen LogP contribution in [0.1, 0.15) is 34.6 Å². The molecular weight excluding hydrogens is 400 g/mol. The molecule has 8 heteroatoms. The smallest absolute Gasteiger partial charge is 0.338 e. The molecule has 1 heterocycles. The van der Waals surface area contributed by atoms with E-state index in [0.29, 0.717) is 43.6 Å². The van der Waals surface area contributed by atoms with Gasteiger partial charge in [-0.05, 0) is 26.0 Å². The van der Waals surface area contributed by atoms with E-state index in [1.165, 1.54) is 7.11 Å². The highest BCUT2D eigenvalue weighted by Gasteiger charge is 2.22. The van der Waals surface area contributed by atoms with E-state index in [4.69, 9.17) is 18.9 Å². The summed E-state index contributed by atoms with van der Waals surface area (Å²) in [4.78, 5) is 27.3. The van der Waals surface area contributed by atoms with Gasteiger partial charge in [0.05, 0.1) is 56.0 Å². The summed E-state index contributed by atoms with van der Waals surface area (Å²) in [5.74, 6) is 0.151. The Bertz CT molecular complexity index is 924. The highest BCUT2D eigenvalue weighted by Crippen LogP contribution is 2.39. The monoisotopic (exact) mass is 428 g/mol. The lowest BCUT2D eigenvalue weighted by atomic mass is 10.1. The normalized spacial score (nSPS) is 13.5. The highest BCUT2D eigenvalue weighted by molar-refractivity contribution is 6.11. The van der Waals surface area contributed by atoms with Gasteiger partial charge in [0.15, 0.2) is 0 Å². The van der Waals surface area contributed by atoms with E-state index in [1.807, 2.05) is 19.9 Å². The number of morpholine rings is 1. The molecule has 1 amide bonds. The summed E-state index contributed by atoms with van der Waals surface area (Å²) in [6.07, 6.45) is 0. The van der Waals surface area contributed by atoms with Gasteiger partial charge in [0.25, 0.3) is 5.91 Å². The molecule has 0 atom stereocenters. The Morgan fingerprint density at radius 1 is 1.00 bits per heavy atom. The predicted molar refractivity (Wildman–Crippen MR) is 118 cm³/mol. The summed E-state index contributed by atoms with van der Waals surface area (Å²) < 4.78 is 21.9. The minimum Gasteiger partial charge on any atom is -0.492 e. The van der Waals surface area contributed by atoms with E-state index in [0.717, 1.165) is 18.8 Å². The lowest BCUT2D eigenvalue weighted by molar-refractivity contribution is 0.0597. The summed E-state index contributed by atoms with van der Waals surface area (Å²) in [7, 11) is 1.28. The van der Waals surface area contributed by atoms with Crippen LogP contribution in [0, 0.1) is 0 Å². The SMILES string of the molecule is CCOc1cc(N2CCOCC2)c(OCC)cc1NC(=O)c1ccccc1C(=O)OC. The van der Waals surface area contributed by atoms with Crippen LogP contribution in [-0.4, -0.2) is 58.5 Å². The predicted octanol–water partition coefficient (Wildman–Crippen LogP) is 3.36. The third-order valence-electron chi connectivity index (χ3n) is 4.84. The van der Waals surface area contributed by atoms with Crippen LogP contribution in [0.25, 0.3) is 0 Å². The number of carbonyl (C=O) groups excluding carboxylic acids is 2. The number of nitrogens with one attached hydrogen (secondary N) is 1. The van der Waals surface area contributed by atoms with E-state index in [-0.39, 0.29) is 11.1 Å². The van der Waals surface area contributed by atoms with Gasteiger partial charge < -0.3 is 29.2 Å². The Morgan fingerprint density at radius 2 is 1.65 bits per heavy atom. The number of anilines is 2. The van der Waals surface area contributed by atoms with Gasteiger partial charge in [-0.2, -0.15) is 0 Å². The molecule has 8 nitrogen and oxygen atoms in total. The van der Waals surface area contributed by atoms with Crippen LogP contribution < -0.4 is 19.7 Å². The molecule has 0 saturated carbocycles. The molecule has 31 heavy (non-hydrogen) atoms. The van der Waals surface area contributed by atoms with Gasteiger partial charge >= 0.3 is 5.97 Å². The summed E-state index contributed by atoms with van der Waals surface area (Å²) >= 11 is 0. The highest BCUT2D eigenvalue weighted by atomic mass is 16.5. The average Bonchev–Trinajstić information content (AvgIpc) is 2.81. The van der Waals surface area contributed by atoms with Crippen LogP contribution in [0.5, 0.6) is 11.5 Å². The maximum atomic E-state index is 13.0. The lowest BCUT2D eigenvalue weighted by Crippen LogP contribution is -2.36. The second-order valence-electron chi connectivity index (χ2n) is 6.77. The van der Waals surface area contributed by atoms with Crippen molar-refractivity contribution < 1.29 is 28.5 Å². The molecule has 166 valence electrons. The third-order valence-corrected chi connectivity index (χ3v) is 4.84. The largest absolute Gasteiger partial charge is 0.492 e. The minimum atomic E-state index is -0.576. The summed E-state index contributed by atoms with van der Waals surface area (Å²) in [6, 6.07) is 10.1. The standard InChI is InChI=1S/C23H28N2O6/c1-4-30-20-15-19(25-10-12-29-13-11-25)21(31-5-2)14-18(20)24-22(26)16-8-6-7-9-17(16)23(27)28-3/h6-9,14-15H,4-5,10-13H2,1-3H3,(H,24,26). The van der Waals surface area contributed by atoms with Crippen LogP contribution in [0.4, 0.5) is 11.4 Å². The molecule has 1 aliphatic heterocycles. The number of hydrogen-bond donors (Lipinski definition) is 1. The Labute approximate surface area is 182 Å². The zero-order valence-corrected chi connectivity index (χ0v) is 18.1. The third kappa shape index (κ3) is 5.27. The molecule has 0 unspecified atom stereocenters. The van der Waals surface area contributed by atoms with Crippen molar-refractivity contribution >= 4 is 23.3 Å². The van der Waals surface area contributed by atoms with E-state index in [9.17, 15) is 9.59 Å². The van der Waals surface area contributed by atoms with Gasteiger partial charge in [-0.25, -0.2) is 4.79 Å². The van der Waals surface area contributed by atoms with E-state index in [1.54, 1.807) is 30.3 Å². The number of hydrogen-bond acceptors (Lipinski definition) is 7. The Balaban J connectivity index is 1.97. The van der Waals surface area contributed by atoms with Crippen LogP contribution in [0.15, 0.2) is 36.4 Å². The fraction of sp³-hybridized carbons (Fsp3) is 0.391. The molecule has 0 aromatic heterocycles. The van der Waals surface area contributed by atoms with E-state index < -0.39 is 11.9 Å². The molecule has 2 aromatic rings. The molecule has 1 aliphatic rings. The van der Waals surface area contributed by atoms with Gasteiger partial charge in [-0.1, -0.05) is 12.1 Å². The van der Waals surface area contributed by atoms with Gasteiger partial charge in [0.1, 0.15) is 11.5 Å². The summed E-state index contributed by atoms with van der Waals surface area (Å²) in [6.45, 7) is 7.44. The van der Waals surface area contributed by atoms with Crippen molar-refractivity contribution in [1.29, 1.82) is 0 Å². The van der Waals surface area contributed by atoms with Crippen molar-refractivity contribution in [3.05, 3.63) is 47.5 Å². The maximum absolute atomic E-state index is 13.0. The number of esters is 1. The fourth-order valence-electron chi connectivity index (χ4n) is 3.40. The minimum absolute atomic E-state index is 0.190. The van der Waals surface area contributed by atoms with Crippen molar-refractivity contribution in [1.82, 2.24) is 0 Å². The first-order valence-corrected chi connectivity index (χ1v) is 10.3. The van der Waals surface area contributed by atoms with Crippen molar-refractivity contribution in [2.45, 2.75) is 13.8 Å².